The molecule has 4 rings (SSSR count). The fourth-order valence-corrected chi connectivity index (χ4v) is 4.98. The average Bonchev–Trinajstić information content (AvgIpc) is 3.01. The maximum absolute atomic E-state index is 11.9. The molecule has 0 aromatic rings. The SMILES string of the molecule is CCOC(=O)[C@H]1CC[C@H](OC(N2CCCC2)N2CCC3(CC3)C2)CC1. The number of esters is 1. The highest BCUT2D eigenvalue weighted by Crippen LogP contribution is 2.53. The summed E-state index contributed by atoms with van der Waals surface area (Å²) in [4.78, 5) is 17.1. The van der Waals surface area contributed by atoms with Crippen molar-refractivity contribution in [1.29, 1.82) is 0 Å². The van der Waals surface area contributed by atoms with Crippen LogP contribution in [0.4, 0.5) is 0 Å². The summed E-state index contributed by atoms with van der Waals surface area (Å²) in [5.74, 6) is 0.0822. The predicted octanol–water partition coefficient (Wildman–Crippen LogP) is 2.99. The van der Waals surface area contributed by atoms with Gasteiger partial charge in [0.15, 0.2) is 6.35 Å². The first-order valence-electron chi connectivity index (χ1n) is 10.5. The van der Waals surface area contributed by atoms with Crippen molar-refractivity contribution in [2.24, 2.45) is 11.3 Å². The van der Waals surface area contributed by atoms with Crippen LogP contribution >= 0.6 is 0 Å². The van der Waals surface area contributed by atoms with E-state index in [1.165, 1.54) is 58.3 Å². The molecule has 25 heavy (non-hydrogen) atoms. The van der Waals surface area contributed by atoms with Gasteiger partial charge in [-0.05, 0) is 70.1 Å². The minimum Gasteiger partial charge on any atom is -0.466 e. The molecule has 1 unspecified atom stereocenters. The molecule has 0 radical (unpaired) electrons. The highest BCUT2D eigenvalue weighted by atomic mass is 16.5. The molecule has 1 spiro atoms. The van der Waals surface area contributed by atoms with E-state index in [4.69, 9.17) is 9.47 Å². The summed E-state index contributed by atoms with van der Waals surface area (Å²) in [6, 6.07) is 0. The van der Waals surface area contributed by atoms with Crippen LogP contribution in [0.15, 0.2) is 0 Å². The minimum absolute atomic E-state index is 0.00717. The Labute approximate surface area is 152 Å². The number of hydrogen-bond acceptors (Lipinski definition) is 5. The molecule has 0 aromatic heterocycles. The van der Waals surface area contributed by atoms with Gasteiger partial charge in [-0.2, -0.15) is 0 Å². The molecule has 5 heteroatoms. The first kappa shape index (κ1) is 17.7. The summed E-state index contributed by atoms with van der Waals surface area (Å²) < 4.78 is 11.9. The Morgan fingerprint density at radius 1 is 1.04 bits per heavy atom. The number of likely N-dealkylation sites (tertiary alicyclic amines) is 2. The summed E-state index contributed by atoms with van der Waals surface area (Å²) in [7, 11) is 0. The number of rotatable bonds is 6. The van der Waals surface area contributed by atoms with Gasteiger partial charge in [-0.1, -0.05) is 0 Å². The standard InChI is InChI=1S/C20H34N2O3/c1-2-24-18(23)16-5-7-17(8-6-16)25-19(21-12-3-4-13-21)22-14-11-20(15-22)9-10-20/h16-17,19H,2-15H2,1H3/t16-,17-,19?. The average molecular weight is 351 g/mol. The third kappa shape index (κ3) is 4.04. The van der Waals surface area contributed by atoms with E-state index in [0.717, 1.165) is 25.7 Å². The second-order valence-corrected chi connectivity index (χ2v) is 8.65. The Bertz CT molecular complexity index is 466. The fraction of sp³-hybridized carbons (Fsp3) is 0.950. The van der Waals surface area contributed by atoms with Crippen LogP contribution in [0.1, 0.15) is 64.7 Å². The highest BCUT2D eigenvalue weighted by Gasteiger charge is 2.50. The van der Waals surface area contributed by atoms with Crippen molar-refractivity contribution in [2.45, 2.75) is 77.2 Å². The Hall–Kier alpha value is -0.650. The van der Waals surface area contributed by atoms with Gasteiger partial charge >= 0.3 is 5.97 Å². The van der Waals surface area contributed by atoms with Crippen LogP contribution in [0, 0.1) is 11.3 Å². The van der Waals surface area contributed by atoms with Gasteiger partial charge in [0.25, 0.3) is 0 Å². The van der Waals surface area contributed by atoms with Crippen molar-refractivity contribution >= 4 is 5.97 Å². The number of carbonyl (C=O) groups excluding carboxylic acids is 1. The van der Waals surface area contributed by atoms with Gasteiger partial charge in [-0.15, -0.1) is 0 Å². The zero-order valence-corrected chi connectivity index (χ0v) is 15.8. The summed E-state index contributed by atoms with van der Waals surface area (Å²) in [6.07, 6.45) is 11.1. The van der Waals surface area contributed by atoms with E-state index in [1.54, 1.807) is 0 Å². The second-order valence-electron chi connectivity index (χ2n) is 8.65. The first-order valence-corrected chi connectivity index (χ1v) is 10.5. The molecule has 2 saturated heterocycles. The van der Waals surface area contributed by atoms with Crippen LogP contribution in [0.25, 0.3) is 0 Å². The lowest BCUT2D eigenvalue weighted by atomic mass is 9.87. The van der Waals surface area contributed by atoms with E-state index in [9.17, 15) is 4.79 Å². The van der Waals surface area contributed by atoms with Gasteiger partial charge in [-0.3, -0.25) is 14.6 Å². The van der Waals surface area contributed by atoms with Crippen LogP contribution in [0.2, 0.25) is 0 Å². The number of ether oxygens (including phenoxy) is 2. The summed E-state index contributed by atoms with van der Waals surface area (Å²) in [5, 5.41) is 0. The first-order chi connectivity index (χ1) is 12.2. The van der Waals surface area contributed by atoms with Crippen molar-refractivity contribution in [3.63, 3.8) is 0 Å². The van der Waals surface area contributed by atoms with E-state index in [1.807, 2.05) is 6.92 Å². The topological polar surface area (TPSA) is 42.0 Å². The van der Waals surface area contributed by atoms with Gasteiger partial charge < -0.3 is 9.47 Å². The Morgan fingerprint density at radius 3 is 2.36 bits per heavy atom. The lowest BCUT2D eigenvalue weighted by Crippen LogP contribution is -2.50. The minimum atomic E-state index is -0.00717. The number of nitrogens with zero attached hydrogens (tertiary/aromatic N) is 2. The maximum atomic E-state index is 11.9. The Morgan fingerprint density at radius 2 is 1.76 bits per heavy atom. The summed E-state index contributed by atoms with van der Waals surface area (Å²) in [6.45, 7) is 7.14. The van der Waals surface area contributed by atoms with Crippen LogP contribution in [-0.2, 0) is 14.3 Å². The molecule has 0 bridgehead atoms. The normalized spacial score (nSPS) is 33.6. The molecule has 0 amide bonds. The Kier molecular flexibility index (Phi) is 5.35. The van der Waals surface area contributed by atoms with Crippen molar-refractivity contribution in [3.05, 3.63) is 0 Å². The molecule has 4 fully saturated rings. The predicted molar refractivity (Wildman–Crippen MR) is 95.9 cm³/mol. The van der Waals surface area contributed by atoms with E-state index < -0.39 is 0 Å². The van der Waals surface area contributed by atoms with Gasteiger partial charge in [0, 0.05) is 26.2 Å². The fourth-order valence-electron chi connectivity index (χ4n) is 4.98. The van der Waals surface area contributed by atoms with Crippen molar-refractivity contribution in [1.82, 2.24) is 9.80 Å². The van der Waals surface area contributed by atoms with Crippen molar-refractivity contribution < 1.29 is 14.3 Å². The molecular weight excluding hydrogens is 316 g/mol. The van der Waals surface area contributed by atoms with Crippen LogP contribution in [0.3, 0.4) is 0 Å². The van der Waals surface area contributed by atoms with E-state index in [0.29, 0.717) is 18.1 Å². The maximum Gasteiger partial charge on any atom is 0.308 e. The number of hydrogen-bond donors (Lipinski definition) is 0. The monoisotopic (exact) mass is 350 g/mol. The number of carbonyl (C=O) groups is 1. The van der Waals surface area contributed by atoms with E-state index >= 15 is 0 Å². The molecule has 142 valence electrons. The molecule has 0 N–H and O–H groups in total. The van der Waals surface area contributed by atoms with E-state index in [-0.39, 0.29) is 18.2 Å². The lowest BCUT2D eigenvalue weighted by molar-refractivity contribution is -0.180. The molecule has 2 heterocycles. The smallest absolute Gasteiger partial charge is 0.308 e. The molecule has 2 aliphatic carbocycles. The van der Waals surface area contributed by atoms with Crippen LogP contribution in [-0.4, -0.2) is 61.0 Å². The van der Waals surface area contributed by atoms with Crippen LogP contribution < -0.4 is 0 Å². The van der Waals surface area contributed by atoms with Gasteiger partial charge in [-0.25, -0.2) is 0 Å². The summed E-state index contributed by atoms with van der Waals surface area (Å²) in [5.41, 5.74) is 0.642. The van der Waals surface area contributed by atoms with Crippen molar-refractivity contribution in [2.75, 3.05) is 32.8 Å². The molecule has 2 saturated carbocycles. The van der Waals surface area contributed by atoms with Gasteiger partial charge in [0.1, 0.15) is 0 Å². The van der Waals surface area contributed by atoms with Gasteiger partial charge in [0.05, 0.1) is 18.6 Å². The summed E-state index contributed by atoms with van der Waals surface area (Å²) >= 11 is 0. The van der Waals surface area contributed by atoms with Crippen molar-refractivity contribution in [3.8, 4) is 0 Å². The second kappa shape index (κ2) is 7.53. The molecule has 0 aromatic carbocycles. The Balaban J connectivity index is 1.32. The molecule has 2 aliphatic heterocycles. The van der Waals surface area contributed by atoms with Crippen LogP contribution in [0.5, 0.6) is 0 Å². The largest absolute Gasteiger partial charge is 0.466 e. The third-order valence-electron chi connectivity index (χ3n) is 6.80. The van der Waals surface area contributed by atoms with Gasteiger partial charge in [0.2, 0.25) is 0 Å². The third-order valence-corrected chi connectivity index (χ3v) is 6.80. The molecule has 5 nitrogen and oxygen atoms in total. The lowest BCUT2D eigenvalue weighted by Gasteiger charge is -2.39. The molecular formula is C20H34N2O3. The van der Waals surface area contributed by atoms with E-state index in [2.05, 4.69) is 9.80 Å². The zero-order valence-electron chi connectivity index (χ0n) is 15.8. The quantitative estimate of drug-likeness (QED) is 0.689. The zero-order chi connectivity index (χ0) is 17.3. The molecule has 1 atom stereocenters. The molecule has 4 aliphatic rings. The highest BCUT2D eigenvalue weighted by molar-refractivity contribution is 5.72.